The SMILES string of the molecule is COc1cc(Br)c(-c2cnn(C)c2N)c(C)c1OC. The van der Waals surface area contributed by atoms with Crippen molar-refractivity contribution in [1.29, 1.82) is 0 Å². The van der Waals surface area contributed by atoms with Gasteiger partial charge in [-0.1, -0.05) is 0 Å². The fourth-order valence-electron chi connectivity index (χ4n) is 2.11. The van der Waals surface area contributed by atoms with E-state index in [-0.39, 0.29) is 0 Å². The molecule has 0 atom stereocenters. The molecule has 0 aliphatic carbocycles. The van der Waals surface area contributed by atoms with Crippen molar-refractivity contribution in [2.75, 3.05) is 20.0 Å². The molecule has 0 amide bonds. The van der Waals surface area contributed by atoms with Crippen molar-refractivity contribution in [3.05, 3.63) is 22.3 Å². The lowest BCUT2D eigenvalue weighted by Gasteiger charge is -2.16. The third kappa shape index (κ3) is 2.16. The third-order valence-electron chi connectivity index (χ3n) is 3.11. The Morgan fingerprint density at radius 1 is 1.32 bits per heavy atom. The van der Waals surface area contributed by atoms with Gasteiger partial charge in [-0.25, -0.2) is 0 Å². The van der Waals surface area contributed by atoms with Gasteiger partial charge in [0.05, 0.1) is 20.4 Å². The molecule has 0 unspecified atom stereocenters. The number of methoxy groups -OCH3 is 2. The smallest absolute Gasteiger partial charge is 0.164 e. The number of nitrogens with zero attached hydrogens (tertiary/aromatic N) is 2. The molecule has 0 aliphatic heterocycles. The molecule has 1 heterocycles. The quantitative estimate of drug-likeness (QED) is 0.942. The molecule has 0 bridgehead atoms. The molecule has 2 rings (SSSR count). The van der Waals surface area contributed by atoms with E-state index in [0.717, 1.165) is 21.2 Å². The van der Waals surface area contributed by atoms with Crippen LogP contribution in [0.5, 0.6) is 11.5 Å². The molecule has 1 aromatic carbocycles. The number of benzene rings is 1. The van der Waals surface area contributed by atoms with Crippen LogP contribution in [0.25, 0.3) is 11.1 Å². The average molecular weight is 326 g/mol. The predicted octanol–water partition coefficient (Wildman–Crippen LogP) is 2.76. The fourth-order valence-corrected chi connectivity index (χ4v) is 2.82. The minimum absolute atomic E-state index is 0.607. The van der Waals surface area contributed by atoms with Gasteiger partial charge >= 0.3 is 0 Å². The van der Waals surface area contributed by atoms with E-state index >= 15 is 0 Å². The highest BCUT2D eigenvalue weighted by atomic mass is 79.9. The minimum atomic E-state index is 0.607. The van der Waals surface area contributed by atoms with Crippen molar-refractivity contribution in [1.82, 2.24) is 9.78 Å². The summed E-state index contributed by atoms with van der Waals surface area (Å²) in [5, 5.41) is 4.17. The monoisotopic (exact) mass is 325 g/mol. The highest BCUT2D eigenvalue weighted by Gasteiger charge is 2.19. The van der Waals surface area contributed by atoms with E-state index in [2.05, 4.69) is 21.0 Å². The first-order valence-electron chi connectivity index (χ1n) is 5.70. The zero-order valence-electron chi connectivity index (χ0n) is 11.3. The van der Waals surface area contributed by atoms with E-state index in [1.807, 2.05) is 20.0 Å². The van der Waals surface area contributed by atoms with Crippen LogP contribution in [-0.4, -0.2) is 24.0 Å². The molecule has 0 saturated carbocycles. The summed E-state index contributed by atoms with van der Waals surface area (Å²) in [7, 11) is 5.04. The van der Waals surface area contributed by atoms with E-state index < -0.39 is 0 Å². The van der Waals surface area contributed by atoms with Crippen molar-refractivity contribution in [2.45, 2.75) is 6.92 Å². The standard InChI is InChI=1S/C13H16BrN3O2/c1-7-11(8-6-16-17(2)13(8)15)9(14)5-10(18-3)12(7)19-4/h5-6H,15H2,1-4H3. The number of hydrogen-bond acceptors (Lipinski definition) is 4. The Labute approximate surface area is 120 Å². The normalized spacial score (nSPS) is 10.6. The lowest BCUT2D eigenvalue weighted by atomic mass is 10.0. The first kappa shape index (κ1) is 13.7. The summed E-state index contributed by atoms with van der Waals surface area (Å²) in [5.41, 5.74) is 8.82. The van der Waals surface area contributed by atoms with Gasteiger partial charge in [-0.05, 0) is 28.9 Å². The second kappa shape index (κ2) is 5.13. The molecule has 102 valence electrons. The lowest BCUT2D eigenvalue weighted by molar-refractivity contribution is 0.353. The van der Waals surface area contributed by atoms with Gasteiger partial charge in [0.2, 0.25) is 0 Å². The van der Waals surface area contributed by atoms with Crippen molar-refractivity contribution >= 4 is 21.7 Å². The number of aryl methyl sites for hydroxylation is 1. The molecule has 5 nitrogen and oxygen atoms in total. The van der Waals surface area contributed by atoms with Crippen LogP contribution in [0, 0.1) is 6.92 Å². The second-order valence-corrected chi connectivity index (χ2v) is 5.02. The van der Waals surface area contributed by atoms with E-state index in [1.165, 1.54) is 0 Å². The Morgan fingerprint density at radius 3 is 2.47 bits per heavy atom. The van der Waals surface area contributed by atoms with Crippen LogP contribution in [0.4, 0.5) is 5.82 Å². The summed E-state index contributed by atoms with van der Waals surface area (Å²) in [6.07, 6.45) is 1.74. The number of anilines is 1. The topological polar surface area (TPSA) is 62.3 Å². The number of nitrogen functional groups attached to an aromatic ring is 1. The third-order valence-corrected chi connectivity index (χ3v) is 3.74. The van der Waals surface area contributed by atoms with Crippen LogP contribution in [0.3, 0.4) is 0 Å². The summed E-state index contributed by atoms with van der Waals surface area (Å²) >= 11 is 3.55. The van der Waals surface area contributed by atoms with E-state index in [9.17, 15) is 0 Å². The molecule has 0 aliphatic rings. The Kier molecular flexibility index (Phi) is 3.71. The Morgan fingerprint density at radius 2 is 2.00 bits per heavy atom. The molecule has 2 aromatic rings. The maximum absolute atomic E-state index is 6.04. The summed E-state index contributed by atoms with van der Waals surface area (Å²) in [5.74, 6) is 1.98. The average Bonchev–Trinajstić information content (AvgIpc) is 2.70. The number of ether oxygens (including phenoxy) is 2. The molecule has 0 fully saturated rings. The minimum Gasteiger partial charge on any atom is -0.493 e. The maximum atomic E-state index is 6.04. The van der Waals surface area contributed by atoms with Gasteiger partial charge in [0, 0.05) is 28.2 Å². The van der Waals surface area contributed by atoms with Crippen molar-refractivity contribution in [3.63, 3.8) is 0 Å². The van der Waals surface area contributed by atoms with Gasteiger partial charge < -0.3 is 15.2 Å². The summed E-state index contributed by atoms with van der Waals surface area (Å²) in [6, 6.07) is 1.87. The number of hydrogen-bond donors (Lipinski definition) is 1. The van der Waals surface area contributed by atoms with Crippen LogP contribution in [0.15, 0.2) is 16.7 Å². The van der Waals surface area contributed by atoms with Gasteiger partial charge in [0.15, 0.2) is 11.5 Å². The molecule has 2 N–H and O–H groups in total. The maximum Gasteiger partial charge on any atom is 0.164 e. The molecule has 0 radical (unpaired) electrons. The van der Waals surface area contributed by atoms with Crippen molar-refractivity contribution < 1.29 is 9.47 Å². The van der Waals surface area contributed by atoms with Crippen molar-refractivity contribution in [2.24, 2.45) is 7.05 Å². The molecule has 1 aromatic heterocycles. The molecule has 0 saturated heterocycles. The van der Waals surface area contributed by atoms with Crippen LogP contribution < -0.4 is 15.2 Å². The van der Waals surface area contributed by atoms with Crippen molar-refractivity contribution in [3.8, 4) is 22.6 Å². The van der Waals surface area contributed by atoms with E-state index in [1.54, 1.807) is 25.1 Å². The molecular formula is C13H16BrN3O2. The lowest BCUT2D eigenvalue weighted by Crippen LogP contribution is -2.00. The van der Waals surface area contributed by atoms with Gasteiger partial charge in [0.1, 0.15) is 5.82 Å². The first-order chi connectivity index (χ1) is 9.01. The second-order valence-electron chi connectivity index (χ2n) is 4.16. The largest absolute Gasteiger partial charge is 0.493 e. The van der Waals surface area contributed by atoms with Gasteiger partial charge in [-0.15, -0.1) is 0 Å². The molecule has 19 heavy (non-hydrogen) atoms. The van der Waals surface area contributed by atoms with E-state index in [4.69, 9.17) is 15.2 Å². The Hall–Kier alpha value is -1.69. The van der Waals surface area contributed by atoms with Crippen LogP contribution in [0.2, 0.25) is 0 Å². The molecule has 0 spiro atoms. The first-order valence-corrected chi connectivity index (χ1v) is 6.49. The summed E-state index contributed by atoms with van der Waals surface area (Å²) < 4.78 is 13.3. The fraction of sp³-hybridized carbons (Fsp3) is 0.308. The van der Waals surface area contributed by atoms with Crippen LogP contribution in [0.1, 0.15) is 5.56 Å². The number of nitrogens with two attached hydrogens (primary N) is 1. The Balaban J connectivity index is 2.74. The number of aromatic nitrogens is 2. The molecule has 6 heteroatoms. The van der Waals surface area contributed by atoms with E-state index in [0.29, 0.717) is 17.3 Å². The highest BCUT2D eigenvalue weighted by Crippen LogP contribution is 2.43. The zero-order chi connectivity index (χ0) is 14.2. The Bertz CT molecular complexity index is 623. The zero-order valence-corrected chi connectivity index (χ0v) is 12.9. The summed E-state index contributed by atoms with van der Waals surface area (Å²) in [6.45, 7) is 1.97. The van der Waals surface area contributed by atoms with Crippen LogP contribution in [-0.2, 0) is 7.05 Å². The summed E-state index contributed by atoms with van der Waals surface area (Å²) in [4.78, 5) is 0. The predicted molar refractivity (Wildman–Crippen MR) is 78.6 cm³/mol. The van der Waals surface area contributed by atoms with Gasteiger partial charge in [-0.3, -0.25) is 4.68 Å². The molecular weight excluding hydrogens is 310 g/mol. The van der Waals surface area contributed by atoms with Crippen LogP contribution >= 0.6 is 15.9 Å². The highest BCUT2D eigenvalue weighted by molar-refractivity contribution is 9.10. The van der Waals surface area contributed by atoms with Gasteiger partial charge in [0.25, 0.3) is 0 Å². The van der Waals surface area contributed by atoms with Gasteiger partial charge in [-0.2, -0.15) is 5.10 Å². The number of halogens is 1. The number of rotatable bonds is 3.